The van der Waals surface area contributed by atoms with Crippen LogP contribution in [-0.2, 0) is 13.1 Å². The van der Waals surface area contributed by atoms with Crippen molar-refractivity contribution in [1.82, 2.24) is 14.5 Å². The van der Waals surface area contributed by atoms with Crippen LogP contribution in [0.5, 0.6) is 0 Å². The number of benzene rings is 1. The second kappa shape index (κ2) is 4.86. The third-order valence-electron chi connectivity index (χ3n) is 4.37. The first-order chi connectivity index (χ1) is 9.49. The predicted octanol–water partition coefficient (Wildman–Crippen LogP) is 2.26. The van der Waals surface area contributed by atoms with Gasteiger partial charge in [0, 0.05) is 25.6 Å². The van der Waals surface area contributed by atoms with Crippen molar-refractivity contribution in [2.45, 2.75) is 39.5 Å². The molecule has 0 spiro atoms. The second-order valence-corrected chi connectivity index (χ2v) is 6.31. The molecular weight excluding hydrogens is 250 g/mol. The molecule has 0 radical (unpaired) electrons. The molecule has 0 amide bonds. The van der Waals surface area contributed by atoms with Gasteiger partial charge in [0.25, 0.3) is 0 Å². The molecule has 1 aliphatic rings. The molecule has 0 aliphatic carbocycles. The van der Waals surface area contributed by atoms with E-state index >= 15 is 0 Å². The molecule has 1 aromatic heterocycles. The summed E-state index contributed by atoms with van der Waals surface area (Å²) in [5, 5.41) is 9.99. The van der Waals surface area contributed by atoms with Gasteiger partial charge in [-0.1, -0.05) is 12.1 Å². The van der Waals surface area contributed by atoms with Crippen LogP contribution in [0.1, 0.15) is 26.6 Å². The van der Waals surface area contributed by atoms with Crippen molar-refractivity contribution in [3.8, 4) is 0 Å². The van der Waals surface area contributed by atoms with Gasteiger partial charge in [-0.05, 0) is 32.9 Å². The molecule has 0 bridgehead atoms. The Balaban J connectivity index is 1.76. The third kappa shape index (κ3) is 2.34. The molecular formula is C16H23N3O. The summed E-state index contributed by atoms with van der Waals surface area (Å²) in [6.45, 7) is 9.68. The Bertz CT molecular complexity index is 606. The highest BCUT2D eigenvalue weighted by Crippen LogP contribution is 2.28. The Morgan fingerprint density at radius 3 is 2.65 bits per heavy atom. The Kier molecular flexibility index (Phi) is 3.30. The first kappa shape index (κ1) is 13.6. The van der Waals surface area contributed by atoms with E-state index in [2.05, 4.69) is 34.6 Å². The molecule has 1 aromatic carbocycles. The summed E-state index contributed by atoms with van der Waals surface area (Å²) in [6.07, 6.45) is 0. The van der Waals surface area contributed by atoms with Crippen LogP contribution in [-0.4, -0.2) is 38.2 Å². The van der Waals surface area contributed by atoms with Crippen molar-refractivity contribution >= 4 is 11.0 Å². The number of aryl methyl sites for hydroxylation is 1. The standard InChI is InChI=1S/C16H23N3O/c1-4-19-14-8-6-5-7-13(14)17-15(19)11-18-9-12(10-18)16(2,3)20/h5-8,12,20H,4,9-11H2,1-3H3. The largest absolute Gasteiger partial charge is 0.390 e. The number of fused-ring (bicyclic) bond motifs is 1. The number of para-hydroxylation sites is 2. The number of aliphatic hydroxyl groups is 1. The Hall–Kier alpha value is -1.39. The van der Waals surface area contributed by atoms with Crippen molar-refractivity contribution in [3.05, 3.63) is 30.1 Å². The predicted molar refractivity (Wildman–Crippen MR) is 80.5 cm³/mol. The van der Waals surface area contributed by atoms with Crippen LogP contribution in [0.4, 0.5) is 0 Å². The number of hydrogen-bond donors (Lipinski definition) is 1. The summed E-state index contributed by atoms with van der Waals surface area (Å²) in [5.74, 6) is 1.50. The number of imidazole rings is 1. The van der Waals surface area contributed by atoms with Crippen LogP contribution in [0.2, 0.25) is 0 Å². The molecule has 20 heavy (non-hydrogen) atoms. The summed E-state index contributed by atoms with van der Waals surface area (Å²) in [6, 6.07) is 8.30. The van der Waals surface area contributed by atoms with E-state index in [1.165, 1.54) is 5.52 Å². The molecule has 0 saturated carbocycles. The van der Waals surface area contributed by atoms with E-state index in [0.717, 1.165) is 37.5 Å². The van der Waals surface area contributed by atoms with E-state index in [4.69, 9.17) is 4.98 Å². The maximum absolute atomic E-state index is 9.99. The number of rotatable bonds is 4. The Morgan fingerprint density at radius 2 is 2.00 bits per heavy atom. The van der Waals surface area contributed by atoms with Crippen molar-refractivity contribution < 1.29 is 5.11 Å². The highest BCUT2D eigenvalue weighted by Gasteiger charge is 2.37. The fourth-order valence-electron chi connectivity index (χ4n) is 2.94. The van der Waals surface area contributed by atoms with Gasteiger partial charge in [0.1, 0.15) is 5.82 Å². The summed E-state index contributed by atoms with van der Waals surface area (Å²) in [5.41, 5.74) is 1.72. The van der Waals surface area contributed by atoms with Crippen LogP contribution in [0.25, 0.3) is 11.0 Å². The number of nitrogens with zero attached hydrogens (tertiary/aromatic N) is 3. The molecule has 108 valence electrons. The van der Waals surface area contributed by atoms with E-state index in [1.54, 1.807) is 0 Å². The van der Waals surface area contributed by atoms with Gasteiger partial charge in [-0.3, -0.25) is 4.90 Å². The van der Waals surface area contributed by atoms with E-state index in [-0.39, 0.29) is 0 Å². The fourth-order valence-corrected chi connectivity index (χ4v) is 2.94. The maximum Gasteiger partial charge on any atom is 0.124 e. The SMILES string of the molecule is CCn1c(CN2CC(C(C)(C)O)C2)nc2ccccc21. The second-order valence-electron chi connectivity index (χ2n) is 6.31. The van der Waals surface area contributed by atoms with E-state index in [9.17, 15) is 5.11 Å². The molecule has 1 aliphatic heterocycles. The van der Waals surface area contributed by atoms with Crippen LogP contribution in [0, 0.1) is 5.92 Å². The molecule has 0 unspecified atom stereocenters. The monoisotopic (exact) mass is 273 g/mol. The van der Waals surface area contributed by atoms with E-state index < -0.39 is 5.60 Å². The highest BCUT2D eigenvalue weighted by atomic mass is 16.3. The minimum absolute atomic E-state index is 0.377. The molecule has 1 saturated heterocycles. The van der Waals surface area contributed by atoms with Gasteiger partial charge in [0.2, 0.25) is 0 Å². The quantitative estimate of drug-likeness (QED) is 0.929. The van der Waals surface area contributed by atoms with E-state index in [0.29, 0.717) is 5.92 Å². The number of aromatic nitrogens is 2. The van der Waals surface area contributed by atoms with Gasteiger partial charge in [-0.15, -0.1) is 0 Å². The molecule has 3 rings (SSSR count). The minimum Gasteiger partial charge on any atom is -0.390 e. The zero-order valence-corrected chi connectivity index (χ0v) is 12.5. The molecule has 2 heterocycles. The lowest BCUT2D eigenvalue weighted by Gasteiger charge is -2.45. The first-order valence-electron chi connectivity index (χ1n) is 7.38. The minimum atomic E-state index is -0.568. The van der Waals surface area contributed by atoms with Crippen molar-refractivity contribution in [2.75, 3.05) is 13.1 Å². The van der Waals surface area contributed by atoms with Crippen LogP contribution in [0.15, 0.2) is 24.3 Å². The van der Waals surface area contributed by atoms with Gasteiger partial charge < -0.3 is 9.67 Å². The van der Waals surface area contributed by atoms with Crippen LogP contribution < -0.4 is 0 Å². The fraction of sp³-hybridized carbons (Fsp3) is 0.562. The number of hydrogen-bond acceptors (Lipinski definition) is 3. The van der Waals surface area contributed by atoms with Gasteiger partial charge >= 0.3 is 0 Å². The third-order valence-corrected chi connectivity index (χ3v) is 4.37. The van der Waals surface area contributed by atoms with Gasteiger partial charge in [0.15, 0.2) is 0 Å². The van der Waals surface area contributed by atoms with Crippen molar-refractivity contribution in [2.24, 2.45) is 5.92 Å². The number of likely N-dealkylation sites (tertiary alicyclic amines) is 1. The summed E-state index contributed by atoms with van der Waals surface area (Å²) in [7, 11) is 0. The van der Waals surface area contributed by atoms with Crippen LogP contribution in [0.3, 0.4) is 0 Å². The molecule has 1 fully saturated rings. The topological polar surface area (TPSA) is 41.3 Å². The lowest BCUT2D eigenvalue weighted by Crippen LogP contribution is -2.55. The highest BCUT2D eigenvalue weighted by molar-refractivity contribution is 5.75. The van der Waals surface area contributed by atoms with Crippen LogP contribution >= 0.6 is 0 Å². The zero-order chi connectivity index (χ0) is 14.3. The average Bonchev–Trinajstić information content (AvgIpc) is 2.68. The lowest BCUT2D eigenvalue weighted by atomic mass is 9.84. The maximum atomic E-state index is 9.99. The van der Waals surface area contributed by atoms with Gasteiger partial charge in [0.05, 0.1) is 23.2 Å². The lowest BCUT2D eigenvalue weighted by molar-refractivity contribution is -0.0657. The average molecular weight is 273 g/mol. The van der Waals surface area contributed by atoms with E-state index in [1.807, 2.05) is 19.9 Å². The van der Waals surface area contributed by atoms with Gasteiger partial charge in [-0.2, -0.15) is 0 Å². The van der Waals surface area contributed by atoms with Crippen molar-refractivity contribution in [3.63, 3.8) is 0 Å². The van der Waals surface area contributed by atoms with Crippen molar-refractivity contribution in [1.29, 1.82) is 0 Å². The molecule has 2 aromatic rings. The Labute approximate surface area is 120 Å². The normalized spacial score (nSPS) is 17.6. The smallest absolute Gasteiger partial charge is 0.124 e. The summed E-state index contributed by atoms with van der Waals surface area (Å²) >= 11 is 0. The summed E-state index contributed by atoms with van der Waals surface area (Å²) in [4.78, 5) is 7.11. The molecule has 0 atom stereocenters. The zero-order valence-electron chi connectivity index (χ0n) is 12.5. The summed E-state index contributed by atoms with van der Waals surface area (Å²) < 4.78 is 2.28. The Morgan fingerprint density at radius 1 is 1.30 bits per heavy atom. The molecule has 1 N–H and O–H groups in total. The molecule has 4 nitrogen and oxygen atoms in total. The molecule has 4 heteroatoms. The first-order valence-corrected chi connectivity index (χ1v) is 7.38. The van der Waals surface area contributed by atoms with Gasteiger partial charge in [-0.25, -0.2) is 4.98 Å².